The van der Waals surface area contributed by atoms with Crippen LogP contribution in [-0.2, 0) is 9.84 Å². The quantitative estimate of drug-likeness (QED) is 0.622. The summed E-state index contributed by atoms with van der Waals surface area (Å²) < 4.78 is 63.7. The van der Waals surface area contributed by atoms with Crippen LogP contribution in [0, 0.1) is 23.4 Å². The van der Waals surface area contributed by atoms with Crippen LogP contribution in [0.5, 0.6) is 0 Å². The van der Waals surface area contributed by atoms with Crippen molar-refractivity contribution in [3.8, 4) is 0 Å². The van der Waals surface area contributed by atoms with Crippen LogP contribution in [0.25, 0.3) is 0 Å². The fourth-order valence-corrected chi connectivity index (χ4v) is 5.83. The van der Waals surface area contributed by atoms with Crippen LogP contribution in [0.1, 0.15) is 36.0 Å². The second-order valence-corrected chi connectivity index (χ2v) is 8.18. The summed E-state index contributed by atoms with van der Waals surface area (Å²) >= 11 is 0. The lowest BCUT2D eigenvalue weighted by molar-refractivity contribution is 0.0900. The molecule has 1 aromatic carbocycles. The standard InChI is InChI=1S/C14H13F3O3S/c15-11-4-3-10(12(16)13(11)17)14(18)7-5-8-1-2-9(6-7)21(8,19)20/h3-4,7-9H,1-2,5-6H2. The molecule has 3 rings (SSSR count). The van der Waals surface area contributed by atoms with E-state index in [4.69, 9.17) is 0 Å². The minimum Gasteiger partial charge on any atom is -0.294 e. The van der Waals surface area contributed by atoms with Crippen molar-refractivity contribution in [2.24, 2.45) is 5.92 Å². The van der Waals surface area contributed by atoms with Gasteiger partial charge in [-0.2, -0.15) is 0 Å². The number of sulfone groups is 1. The van der Waals surface area contributed by atoms with Gasteiger partial charge in [-0.3, -0.25) is 4.79 Å². The molecule has 2 heterocycles. The van der Waals surface area contributed by atoms with E-state index in [0.717, 1.165) is 6.07 Å². The summed E-state index contributed by atoms with van der Waals surface area (Å²) in [6, 6.07) is 1.63. The van der Waals surface area contributed by atoms with Crippen LogP contribution in [0.4, 0.5) is 13.2 Å². The van der Waals surface area contributed by atoms with Crippen molar-refractivity contribution < 1.29 is 26.4 Å². The molecule has 0 saturated carbocycles. The largest absolute Gasteiger partial charge is 0.294 e. The first-order chi connectivity index (χ1) is 9.82. The van der Waals surface area contributed by atoms with E-state index < -0.39 is 55.1 Å². The van der Waals surface area contributed by atoms with E-state index in [1.807, 2.05) is 0 Å². The smallest absolute Gasteiger partial charge is 0.195 e. The molecule has 0 aliphatic carbocycles. The van der Waals surface area contributed by atoms with Gasteiger partial charge in [-0.15, -0.1) is 0 Å². The lowest BCUT2D eigenvalue weighted by Gasteiger charge is -2.27. The summed E-state index contributed by atoms with van der Waals surface area (Å²) in [5.74, 6) is -5.81. The van der Waals surface area contributed by atoms with E-state index in [0.29, 0.717) is 18.9 Å². The van der Waals surface area contributed by atoms with Crippen molar-refractivity contribution in [2.75, 3.05) is 0 Å². The maximum absolute atomic E-state index is 13.7. The molecule has 0 radical (unpaired) electrons. The summed E-state index contributed by atoms with van der Waals surface area (Å²) in [6.07, 6.45) is 1.29. The van der Waals surface area contributed by atoms with Crippen LogP contribution >= 0.6 is 0 Å². The van der Waals surface area contributed by atoms with Gasteiger partial charge in [0.2, 0.25) is 0 Å². The van der Waals surface area contributed by atoms with Gasteiger partial charge in [0, 0.05) is 5.92 Å². The van der Waals surface area contributed by atoms with Gasteiger partial charge >= 0.3 is 0 Å². The molecule has 2 bridgehead atoms. The highest BCUT2D eigenvalue weighted by molar-refractivity contribution is 7.93. The Morgan fingerprint density at radius 1 is 1.00 bits per heavy atom. The van der Waals surface area contributed by atoms with Crippen LogP contribution in [-0.4, -0.2) is 24.7 Å². The Morgan fingerprint density at radius 3 is 2.14 bits per heavy atom. The van der Waals surface area contributed by atoms with Crippen molar-refractivity contribution in [1.82, 2.24) is 0 Å². The van der Waals surface area contributed by atoms with E-state index in [1.165, 1.54) is 0 Å². The number of rotatable bonds is 2. The fourth-order valence-electron chi connectivity index (χ4n) is 3.36. The van der Waals surface area contributed by atoms with Gasteiger partial charge in [-0.1, -0.05) is 0 Å². The molecule has 0 N–H and O–H groups in total. The molecule has 0 amide bonds. The molecule has 21 heavy (non-hydrogen) atoms. The van der Waals surface area contributed by atoms with E-state index in [2.05, 4.69) is 0 Å². The number of Topliss-reactive ketones (excluding diaryl/α,β-unsaturated/α-hetero) is 1. The predicted octanol–water partition coefficient (Wildman–Crippen LogP) is 2.64. The molecule has 0 aromatic heterocycles. The molecule has 1 aromatic rings. The summed E-state index contributed by atoms with van der Waals surface area (Å²) in [5, 5.41) is -1.14. The van der Waals surface area contributed by atoms with Crippen LogP contribution in [0.15, 0.2) is 12.1 Å². The summed E-state index contributed by atoms with van der Waals surface area (Å²) in [7, 11) is -3.18. The predicted molar refractivity (Wildman–Crippen MR) is 69.1 cm³/mol. The van der Waals surface area contributed by atoms with Crippen molar-refractivity contribution in [2.45, 2.75) is 36.2 Å². The van der Waals surface area contributed by atoms with E-state index in [1.54, 1.807) is 0 Å². The average molecular weight is 318 g/mol. The molecule has 7 heteroatoms. The molecule has 2 fully saturated rings. The number of halogens is 3. The highest BCUT2D eigenvalue weighted by atomic mass is 32.2. The van der Waals surface area contributed by atoms with E-state index >= 15 is 0 Å². The van der Waals surface area contributed by atoms with E-state index in [-0.39, 0.29) is 12.8 Å². The molecule has 2 atom stereocenters. The van der Waals surface area contributed by atoms with E-state index in [9.17, 15) is 26.4 Å². The number of fused-ring (bicyclic) bond motifs is 2. The second kappa shape index (κ2) is 4.83. The molecule has 114 valence electrons. The molecule has 2 saturated heterocycles. The Balaban J connectivity index is 1.90. The van der Waals surface area contributed by atoms with Gasteiger partial charge in [-0.05, 0) is 37.8 Å². The van der Waals surface area contributed by atoms with Gasteiger partial charge < -0.3 is 0 Å². The molecular weight excluding hydrogens is 305 g/mol. The monoisotopic (exact) mass is 318 g/mol. The Bertz CT molecular complexity index is 694. The summed E-state index contributed by atoms with van der Waals surface area (Å²) in [5.41, 5.74) is -0.502. The normalized spacial score (nSPS) is 30.3. The third-order valence-corrected chi connectivity index (χ3v) is 7.22. The zero-order valence-electron chi connectivity index (χ0n) is 11.0. The maximum Gasteiger partial charge on any atom is 0.195 e. The van der Waals surface area contributed by atoms with Gasteiger partial charge in [0.15, 0.2) is 33.1 Å². The van der Waals surface area contributed by atoms with Crippen molar-refractivity contribution in [3.05, 3.63) is 35.1 Å². The molecule has 3 nitrogen and oxygen atoms in total. The molecular formula is C14H13F3O3S. The Morgan fingerprint density at radius 2 is 1.57 bits per heavy atom. The zero-order valence-corrected chi connectivity index (χ0v) is 11.8. The first-order valence-electron chi connectivity index (χ1n) is 6.72. The zero-order chi connectivity index (χ0) is 15.4. The highest BCUT2D eigenvalue weighted by Crippen LogP contribution is 2.42. The lowest BCUT2D eigenvalue weighted by atomic mass is 9.90. The number of carbonyl (C=O) groups excluding carboxylic acids is 1. The lowest BCUT2D eigenvalue weighted by Crippen LogP contribution is -2.36. The summed E-state index contributed by atoms with van der Waals surface area (Å²) in [6.45, 7) is 0. The van der Waals surface area contributed by atoms with Crippen LogP contribution in [0.3, 0.4) is 0 Å². The van der Waals surface area contributed by atoms with Gasteiger partial charge in [0.1, 0.15) is 0 Å². The SMILES string of the molecule is O=C(c1ccc(F)c(F)c1F)C1CC2CCC(C1)S2(=O)=O. The summed E-state index contributed by atoms with van der Waals surface area (Å²) in [4.78, 5) is 12.3. The number of benzene rings is 1. The Labute approximate surface area is 120 Å². The van der Waals surface area contributed by atoms with Gasteiger partial charge in [0.25, 0.3) is 0 Å². The maximum atomic E-state index is 13.7. The Hall–Kier alpha value is -1.37. The van der Waals surface area contributed by atoms with Gasteiger partial charge in [-0.25, -0.2) is 21.6 Å². The van der Waals surface area contributed by atoms with Crippen molar-refractivity contribution in [3.63, 3.8) is 0 Å². The fraction of sp³-hybridized carbons (Fsp3) is 0.500. The Kier molecular flexibility index (Phi) is 3.35. The average Bonchev–Trinajstić information content (AvgIpc) is 2.64. The molecule has 2 unspecified atom stereocenters. The number of carbonyl (C=O) groups is 1. The second-order valence-electron chi connectivity index (χ2n) is 5.67. The third kappa shape index (κ3) is 2.18. The van der Waals surface area contributed by atoms with Crippen molar-refractivity contribution in [1.29, 1.82) is 0 Å². The van der Waals surface area contributed by atoms with Crippen LogP contribution in [0.2, 0.25) is 0 Å². The minimum absolute atomic E-state index is 0.135. The number of hydrogen-bond donors (Lipinski definition) is 0. The first-order valence-corrected chi connectivity index (χ1v) is 8.33. The highest BCUT2D eigenvalue weighted by Gasteiger charge is 2.48. The third-order valence-electron chi connectivity index (χ3n) is 4.51. The topological polar surface area (TPSA) is 51.2 Å². The number of ketones is 1. The molecule has 2 aliphatic heterocycles. The minimum atomic E-state index is -3.18. The number of hydrogen-bond acceptors (Lipinski definition) is 3. The first kappa shape index (κ1) is 14.6. The molecule has 0 spiro atoms. The van der Waals surface area contributed by atoms with Gasteiger partial charge in [0.05, 0.1) is 16.1 Å². The van der Waals surface area contributed by atoms with Crippen LogP contribution < -0.4 is 0 Å². The molecule has 2 aliphatic rings. The van der Waals surface area contributed by atoms with Crippen molar-refractivity contribution >= 4 is 15.6 Å².